The second-order valence-corrected chi connectivity index (χ2v) is 3.96. The highest BCUT2D eigenvalue weighted by molar-refractivity contribution is 5.50. The summed E-state index contributed by atoms with van der Waals surface area (Å²) >= 11 is 0. The number of likely N-dealkylation sites (N-methyl/N-ethyl adjacent to an activating group) is 1. The number of rotatable bonds is 1. The summed E-state index contributed by atoms with van der Waals surface area (Å²) in [6, 6.07) is 8.03. The monoisotopic (exact) mass is 199 g/mol. The molecule has 0 N–H and O–H groups in total. The van der Waals surface area contributed by atoms with E-state index in [4.69, 9.17) is 6.42 Å². The van der Waals surface area contributed by atoms with Gasteiger partial charge >= 0.3 is 0 Å². The lowest BCUT2D eigenvalue weighted by Gasteiger charge is -2.34. The van der Waals surface area contributed by atoms with Crippen molar-refractivity contribution >= 4 is 5.69 Å². The molecule has 0 saturated carbocycles. The van der Waals surface area contributed by atoms with Gasteiger partial charge in [0.2, 0.25) is 0 Å². The van der Waals surface area contributed by atoms with Crippen LogP contribution in [-0.4, -0.2) is 38.1 Å². The Morgan fingerprint density at radius 1 is 1.07 bits per heavy atom. The molecule has 1 aliphatic heterocycles. The first-order valence-corrected chi connectivity index (χ1v) is 5.26. The van der Waals surface area contributed by atoms with E-state index in [1.807, 2.05) is 12.1 Å². The molecule has 0 aromatic heterocycles. The van der Waals surface area contributed by atoms with Gasteiger partial charge in [-0.2, -0.15) is 0 Å². The van der Waals surface area contributed by atoms with Gasteiger partial charge in [-0.25, -0.2) is 0 Å². The van der Waals surface area contributed by atoms with Crippen LogP contribution in [0.5, 0.6) is 0 Å². The molecule has 0 aliphatic carbocycles. The lowest BCUT2D eigenvalue weighted by Crippen LogP contribution is -2.44. The molecule has 1 heterocycles. The minimum absolute atomic E-state index is 0.841. The smallest absolute Gasteiger partial charge is 0.0367 e. The number of anilines is 1. The van der Waals surface area contributed by atoms with Gasteiger partial charge in [-0.3, -0.25) is 0 Å². The number of nitrogens with zero attached hydrogens (tertiary/aromatic N) is 2. The van der Waals surface area contributed by atoms with Crippen LogP contribution in [0.2, 0.25) is 0 Å². The molecule has 0 unspecified atom stereocenters. The predicted octanol–water partition coefficient (Wildman–Crippen LogP) is 1.38. The van der Waals surface area contributed by atoms with E-state index in [0.717, 1.165) is 31.7 Å². The van der Waals surface area contributed by atoms with Crippen LogP contribution in [0.25, 0.3) is 0 Å². The maximum Gasteiger partial charge on any atom is 0.0367 e. The highest BCUT2D eigenvalue weighted by Gasteiger charge is 2.13. The predicted molar refractivity (Wildman–Crippen MR) is 62.4 cm³/mol. The minimum Gasteiger partial charge on any atom is -0.369 e. The Morgan fingerprint density at radius 3 is 2.20 bits per heavy atom. The summed E-state index contributed by atoms with van der Waals surface area (Å²) in [6.07, 6.45) is 7.01. The molecule has 2 heteroatoms. The van der Waals surface area contributed by atoms with Crippen molar-refractivity contribution in [2.24, 2.45) is 0 Å². The fourth-order valence-corrected chi connectivity index (χ4v) is 1.82. The Bertz CT molecular complexity index is 353. The first-order valence-electron chi connectivity index (χ1n) is 5.26. The highest BCUT2D eigenvalue weighted by atomic mass is 15.2. The topological polar surface area (TPSA) is 6.48 Å². The molecule has 77 valence electrons. The van der Waals surface area contributed by atoms with Crippen LogP contribution in [0, 0.1) is 12.3 Å². The van der Waals surface area contributed by atoms with E-state index in [9.17, 15) is 0 Å². The van der Waals surface area contributed by atoms with Gasteiger partial charge < -0.3 is 9.80 Å². The van der Waals surface area contributed by atoms with Gasteiger partial charge in [0.15, 0.2) is 0 Å². The summed E-state index contributed by atoms with van der Waals surface area (Å²) in [6.45, 7) is 4.42. The number of piperazine rings is 1. The number of hydrogen-bond acceptors (Lipinski definition) is 2. The summed E-state index contributed by atoms with van der Waals surface area (Å²) in [5.74, 6) is 2.39. The van der Waals surface area contributed by atoms with E-state index in [1.165, 1.54) is 5.69 Å². The van der Waals surface area contributed by atoms with Crippen LogP contribution in [-0.2, 0) is 0 Å². The van der Waals surface area contributed by atoms with Gasteiger partial charge in [0.1, 0.15) is 0 Å². The minimum atomic E-state index is 0.841. The van der Waals surface area contributed by atoms with E-state index < -0.39 is 0 Å². The third-order valence-corrected chi connectivity index (χ3v) is 2.88. The van der Waals surface area contributed by atoms with Crippen molar-refractivity contribution in [1.29, 1.82) is 0 Å². The van der Waals surface area contributed by atoms with Crippen molar-refractivity contribution in [3.05, 3.63) is 36.3 Å². The molecule has 1 aromatic carbocycles. The molecule has 1 saturated heterocycles. The van der Waals surface area contributed by atoms with E-state index in [0.29, 0.717) is 0 Å². The SMILES string of the molecule is [C]#Cc1ccc(N2CCN(C)CC2)cc1. The third kappa shape index (κ3) is 2.31. The second-order valence-electron chi connectivity index (χ2n) is 3.96. The molecule has 2 nitrogen and oxygen atoms in total. The van der Waals surface area contributed by atoms with Gasteiger partial charge in [0.05, 0.1) is 0 Å². The molecular formula is C13H15N2. The maximum absolute atomic E-state index is 7.01. The molecule has 0 spiro atoms. The Hall–Kier alpha value is -1.46. The first kappa shape index (κ1) is 10.1. The molecular weight excluding hydrogens is 184 g/mol. The Morgan fingerprint density at radius 2 is 1.67 bits per heavy atom. The Kier molecular flexibility index (Phi) is 2.94. The summed E-state index contributed by atoms with van der Waals surface area (Å²) in [7, 11) is 2.16. The van der Waals surface area contributed by atoms with Gasteiger partial charge in [-0.05, 0) is 37.7 Å². The lowest BCUT2D eigenvalue weighted by molar-refractivity contribution is 0.313. The maximum atomic E-state index is 7.01. The lowest BCUT2D eigenvalue weighted by atomic mass is 10.2. The average molecular weight is 199 g/mol. The second kappa shape index (κ2) is 4.37. The average Bonchev–Trinajstić information content (AvgIpc) is 2.30. The molecule has 0 amide bonds. The zero-order chi connectivity index (χ0) is 10.7. The first-order chi connectivity index (χ1) is 7.29. The Labute approximate surface area is 91.5 Å². The van der Waals surface area contributed by atoms with Crippen molar-refractivity contribution in [3.63, 3.8) is 0 Å². The molecule has 0 atom stereocenters. The van der Waals surface area contributed by atoms with E-state index >= 15 is 0 Å². The fraction of sp³-hybridized carbons (Fsp3) is 0.385. The normalized spacial score (nSPS) is 17.5. The van der Waals surface area contributed by atoms with E-state index in [2.05, 4.69) is 34.9 Å². The molecule has 1 aromatic rings. The van der Waals surface area contributed by atoms with Crippen LogP contribution in [0.3, 0.4) is 0 Å². The number of hydrogen-bond donors (Lipinski definition) is 0. The molecule has 1 aliphatic rings. The zero-order valence-corrected chi connectivity index (χ0v) is 9.03. The van der Waals surface area contributed by atoms with Crippen LogP contribution in [0.1, 0.15) is 5.56 Å². The third-order valence-electron chi connectivity index (χ3n) is 2.88. The Balaban J connectivity index is 2.07. The van der Waals surface area contributed by atoms with Gasteiger partial charge in [0, 0.05) is 37.4 Å². The molecule has 1 fully saturated rings. The standard InChI is InChI=1S/C13H15N2/c1-3-12-4-6-13(7-5-12)15-10-8-14(2)9-11-15/h4-7H,8-11H2,2H3. The highest BCUT2D eigenvalue weighted by Crippen LogP contribution is 2.16. The summed E-state index contributed by atoms with van der Waals surface area (Å²) < 4.78 is 0. The summed E-state index contributed by atoms with van der Waals surface area (Å²) in [4.78, 5) is 4.73. The van der Waals surface area contributed by atoms with Crippen LogP contribution in [0.15, 0.2) is 24.3 Å². The van der Waals surface area contributed by atoms with E-state index in [-0.39, 0.29) is 0 Å². The van der Waals surface area contributed by atoms with Crippen LogP contribution in [0.4, 0.5) is 5.69 Å². The molecule has 1 radical (unpaired) electrons. The van der Waals surface area contributed by atoms with Gasteiger partial charge in [0.25, 0.3) is 0 Å². The van der Waals surface area contributed by atoms with Gasteiger partial charge in [-0.15, -0.1) is 0 Å². The van der Waals surface area contributed by atoms with Crippen molar-refractivity contribution in [1.82, 2.24) is 4.90 Å². The summed E-state index contributed by atoms with van der Waals surface area (Å²) in [5.41, 5.74) is 2.09. The van der Waals surface area contributed by atoms with Crippen LogP contribution >= 0.6 is 0 Å². The largest absolute Gasteiger partial charge is 0.369 e. The summed E-state index contributed by atoms with van der Waals surface area (Å²) in [5, 5.41) is 0. The van der Waals surface area contributed by atoms with Crippen molar-refractivity contribution in [2.75, 3.05) is 38.1 Å². The fourth-order valence-electron chi connectivity index (χ4n) is 1.82. The molecule has 2 rings (SSSR count). The number of benzene rings is 1. The zero-order valence-electron chi connectivity index (χ0n) is 9.03. The molecule has 15 heavy (non-hydrogen) atoms. The van der Waals surface area contributed by atoms with Crippen molar-refractivity contribution in [3.8, 4) is 5.92 Å². The van der Waals surface area contributed by atoms with Crippen molar-refractivity contribution in [2.45, 2.75) is 0 Å². The van der Waals surface area contributed by atoms with E-state index in [1.54, 1.807) is 0 Å². The van der Waals surface area contributed by atoms with Crippen LogP contribution < -0.4 is 4.90 Å². The molecule has 0 bridgehead atoms. The van der Waals surface area contributed by atoms with Gasteiger partial charge in [-0.1, -0.05) is 5.92 Å². The van der Waals surface area contributed by atoms with Crippen molar-refractivity contribution < 1.29 is 0 Å². The quantitative estimate of drug-likeness (QED) is 0.630.